The minimum absolute atomic E-state index is 0.863. The van der Waals surface area contributed by atoms with Gasteiger partial charge in [0.1, 0.15) is 5.52 Å². The van der Waals surface area contributed by atoms with Crippen LogP contribution < -0.4 is 0 Å². The summed E-state index contributed by atoms with van der Waals surface area (Å²) in [6, 6.07) is 6.36. The van der Waals surface area contributed by atoms with Crippen molar-refractivity contribution >= 4 is 11.0 Å². The van der Waals surface area contributed by atoms with Crippen molar-refractivity contribution in [2.75, 3.05) is 13.1 Å². The summed E-state index contributed by atoms with van der Waals surface area (Å²) in [6.45, 7) is 9.87. The number of hydrogen-bond donors (Lipinski definition) is 0. The molecule has 0 amide bonds. The van der Waals surface area contributed by atoms with E-state index in [-0.39, 0.29) is 0 Å². The highest BCUT2D eigenvalue weighted by atomic mass is 15.5. The van der Waals surface area contributed by atoms with Gasteiger partial charge in [0.25, 0.3) is 0 Å². The van der Waals surface area contributed by atoms with E-state index in [9.17, 15) is 0 Å². The first-order chi connectivity index (χ1) is 12.8. The van der Waals surface area contributed by atoms with Crippen molar-refractivity contribution < 1.29 is 0 Å². The Morgan fingerprint density at radius 3 is 2.08 bits per heavy atom. The Kier molecular flexibility index (Phi) is 9.68. The van der Waals surface area contributed by atoms with Crippen LogP contribution in [-0.4, -0.2) is 33.0 Å². The number of nitrogens with zero attached hydrogens (tertiary/aromatic N) is 4. The molecule has 26 heavy (non-hydrogen) atoms. The Balaban J connectivity index is 1.91. The SMILES string of the molecule is CCCCCCCN(CCCCCCC)Cn1nnc2c(C)cccc21. The maximum Gasteiger partial charge on any atom is 0.116 e. The van der Waals surface area contributed by atoms with E-state index in [1.54, 1.807) is 0 Å². The van der Waals surface area contributed by atoms with Crippen molar-refractivity contribution in [2.24, 2.45) is 0 Å². The molecule has 0 unspecified atom stereocenters. The molecular formula is C22H38N4. The van der Waals surface area contributed by atoms with Gasteiger partial charge in [-0.25, -0.2) is 4.68 Å². The molecule has 0 aliphatic heterocycles. The summed E-state index contributed by atoms with van der Waals surface area (Å²) in [5, 5.41) is 8.84. The first-order valence-corrected chi connectivity index (χ1v) is 10.8. The molecule has 0 saturated carbocycles. The van der Waals surface area contributed by atoms with E-state index < -0.39 is 0 Å². The quantitative estimate of drug-likeness (QED) is 0.392. The van der Waals surface area contributed by atoms with Crippen LogP contribution in [0.3, 0.4) is 0 Å². The van der Waals surface area contributed by atoms with Crippen molar-refractivity contribution in [3.8, 4) is 0 Å². The first kappa shape index (κ1) is 20.9. The van der Waals surface area contributed by atoms with Crippen LogP contribution in [0.5, 0.6) is 0 Å². The van der Waals surface area contributed by atoms with Gasteiger partial charge in [-0.1, -0.05) is 82.6 Å². The first-order valence-electron chi connectivity index (χ1n) is 10.8. The molecule has 2 rings (SSSR count). The van der Waals surface area contributed by atoms with Gasteiger partial charge in [-0.3, -0.25) is 4.90 Å². The van der Waals surface area contributed by atoms with Gasteiger partial charge < -0.3 is 0 Å². The van der Waals surface area contributed by atoms with Gasteiger partial charge in [-0.2, -0.15) is 0 Å². The predicted molar refractivity (Wildman–Crippen MR) is 111 cm³/mol. The monoisotopic (exact) mass is 358 g/mol. The van der Waals surface area contributed by atoms with Crippen molar-refractivity contribution in [3.05, 3.63) is 23.8 Å². The maximum absolute atomic E-state index is 4.44. The molecular weight excluding hydrogens is 320 g/mol. The smallest absolute Gasteiger partial charge is 0.116 e. The van der Waals surface area contributed by atoms with Crippen LogP contribution in [0, 0.1) is 6.92 Å². The zero-order valence-corrected chi connectivity index (χ0v) is 17.2. The molecule has 0 radical (unpaired) electrons. The fourth-order valence-corrected chi connectivity index (χ4v) is 3.55. The molecule has 1 aromatic carbocycles. The molecule has 146 valence electrons. The highest BCUT2D eigenvalue weighted by molar-refractivity contribution is 5.77. The van der Waals surface area contributed by atoms with Crippen LogP contribution >= 0.6 is 0 Å². The zero-order chi connectivity index (χ0) is 18.6. The normalized spacial score (nSPS) is 11.7. The lowest BCUT2D eigenvalue weighted by molar-refractivity contribution is 0.200. The second-order valence-electron chi connectivity index (χ2n) is 7.62. The van der Waals surface area contributed by atoms with E-state index in [4.69, 9.17) is 0 Å². The lowest BCUT2D eigenvalue weighted by Gasteiger charge is -2.22. The van der Waals surface area contributed by atoms with Gasteiger partial charge in [0.15, 0.2) is 0 Å². The highest BCUT2D eigenvalue weighted by Crippen LogP contribution is 2.16. The molecule has 0 aliphatic rings. The van der Waals surface area contributed by atoms with Crippen LogP contribution in [0.4, 0.5) is 0 Å². The molecule has 0 N–H and O–H groups in total. The molecule has 0 aliphatic carbocycles. The number of rotatable bonds is 14. The summed E-state index contributed by atoms with van der Waals surface area (Å²) < 4.78 is 2.08. The van der Waals surface area contributed by atoms with Gasteiger partial charge in [0.2, 0.25) is 0 Å². The maximum atomic E-state index is 4.44. The van der Waals surface area contributed by atoms with Gasteiger partial charge in [-0.05, 0) is 44.5 Å². The molecule has 0 spiro atoms. The molecule has 1 aromatic heterocycles. The Morgan fingerprint density at radius 2 is 1.46 bits per heavy atom. The number of aromatic nitrogens is 3. The average molecular weight is 359 g/mol. The third-order valence-electron chi connectivity index (χ3n) is 5.24. The van der Waals surface area contributed by atoms with Crippen LogP contribution in [0.25, 0.3) is 11.0 Å². The van der Waals surface area contributed by atoms with Gasteiger partial charge in [0.05, 0.1) is 12.2 Å². The summed E-state index contributed by atoms with van der Waals surface area (Å²) in [7, 11) is 0. The average Bonchev–Trinajstić information content (AvgIpc) is 3.05. The van der Waals surface area contributed by atoms with Crippen LogP contribution in [0.15, 0.2) is 18.2 Å². The zero-order valence-electron chi connectivity index (χ0n) is 17.2. The highest BCUT2D eigenvalue weighted by Gasteiger charge is 2.11. The van der Waals surface area contributed by atoms with Gasteiger partial charge in [0, 0.05) is 0 Å². The van der Waals surface area contributed by atoms with Crippen molar-refractivity contribution in [1.82, 2.24) is 19.9 Å². The summed E-state index contributed by atoms with van der Waals surface area (Å²) in [4.78, 5) is 2.58. The summed E-state index contributed by atoms with van der Waals surface area (Å²) in [6.07, 6.45) is 13.4. The van der Waals surface area contributed by atoms with Crippen molar-refractivity contribution in [3.63, 3.8) is 0 Å². The topological polar surface area (TPSA) is 34.0 Å². The third kappa shape index (κ3) is 6.71. The minimum Gasteiger partial charge on any atom is -0.284 e. The summed E-state index contributed by atoms with van der Waals surface area (Å²) in [5.41, 5.74) is 3.41. The predicted octanol–water partition coefficient (Wildman–Crippen LogP) is 5.94. The van der Waals surface area contributed by atoms with E-state index in [0.717, 1.165) is 17.7 Å². The Bertz CT molecular complexity index is 606. The Labute approximate surface area is 160 Å². The lowest BCUT2D eigenvalue weighted by Crippen LogP contribution is -2.29. The fraction of sp³-hybridized carbons (Fsp3) is 0.727. The number of fused-ring (bicyclic) bond motifs is 1. The van der Waals surface area contributed by atoms with Crippen LogP contribution in [-0.2, 0) is 6.67 Å². The number of benzene rings is 1. The van der Waals surface area contributed by atoms with E-state index >= 15 is 0 Å². The largest absolute Gasteiger partial charge is 0.284 e. The Morgan fingerprint density at radius 1 is 0.846 bits per heavy atom. The second-order valence-corrected chi connectivity index (χ2v) is 7.62. The van der Waals surface area contributed by atoms with E-state index in [2.05, 4.69) is 58.9 Å². The van der Waals surface area contributed by atoms with Crippen LogP contribution in [0.2, 0.25) is 0 Å². The van der Waals surface area contributed by atoms with Gasteiger partial charge in [-0.15, -0.1) is 5.10 Å². The molecule has 2 aromatic rings. The Hall–Kier alpha value is -1.42. The molecule has 0 bridgehead atoms. The molecule has 0 atom stereocenters. The molecule has 4 heteroatoms. The lowest BCUT2D eigenvalue weighted by atomic mass is 10.1. The van der Waals surface area contributed by atoms with Gasteiger partial charge >= 0.3 is 0 Å². The minimum atomic E-state index is 0.863. The molecule has 1 heterocycles. The molecule has 0 fully saturated rings. The standard InChI is InChI=1S/C22H38N4/c1-4-6-8-10-12-17-25(18-13-11-9-7-5-2)19-26-21-16-14-15-20(3)22(21)23-24-26/h14-16H,4-13,17-19H2,1-3H3. The van der Waals surface area contributed by atoms with E-state index in [1.807, 2.05) is 0 Å². The third-order valence-corrected chi connectivity index (χ3v) is 5.24. The number of aryl methyl sites for hydroxylation is 1. The van der Waals surface area contributed by atoms with Crippen molar-refractivity contribution in [2.45, 2.75) is 91.6 Å². The van der Waals surface area contributed by atoms with Crippen LogP contribution in [0.1, 0.15) is 83.6 Å². The summed E-state index contributed by atoms with van der Waals surface area (Å²) >= 11 is 0. The number of unbranched alkanes of at least 4 members (excludes halogenated alkanes) is 8. The van der Waals surface area contributed by atoms with Crippen molar-refractivity contribution in [1.29, 1.82) is 0 Å². The second kappa shape index (κ2) is 12.1. The van der Waals surface area contributed by atoms with E-state index in [0.29, 0.717) is 0 Å². The molecule has 0 saturated heterocycles. The fourth-order valence-electron chi connectivity index (χ4n) is 3.55. The molecule has 4 nitrogen and oxygen atoms in total. The summed E-state index contributed by atoms with van der Waals surface area (Å²) in [5.74, 6) is 0. The number of hydrogen-bond acceptors (Lipinski definition) is 3. The van der Waals surface area contributed by atoms with E-state index in [1.165, 1.54) is 82.9 Å².